The van der Waals surface area contributed by atoms with Crippen LogP contribution in [0.5, 0.6) is 0 Å². The summed E-state index contributed by atoms with van der Waals surface area (Å²) in [4.78, 5) is 0. The highest BCUT2D eigenvalue weighted by Gasteiger charge is 2.45. The monoisotopic (exact) mass is 182 g/mol. The van der Waals surface area contributed by atoms with Crippen molar-refractivity contribution in [3.05, 3.63) is 0 Å². The van der Waals surface area contributed by atoms with Crippen molar-refractivity contribution in [3.63, 3.8) is 0 Å². The van der Waals surface area contributed by atoms with Gasteiger partial charge >= 0.3 is 0 Å². The van der Waals surface area contributed by atoms with Gasteiger partial charge in [0.15, 0.2) is 0 Å². The lowest BCUT2D eigenvalue weighted by Gasteiger charge is -2.11. The van der Waals surface area contributed by atoms with Crippen LogP contribution in [0.25, 0.3) is 0 Å². The molecule has 3 unspecified atom stereocenters. The van der Waals surface area contributed by atoms with Crippen LogP contribution in [0.15, 0.2) is 0 Å². The molecule has 0 aromatic rings. The van der Waals surface area contributed by atoms with Crippen LogP contribution in [0.3, 0.4) is 0 Å². The van der Waals surface area contributed by atoms with Crippen LogP contribution in [0, 0.1) is 29.6 Å². The summed E-state index contributed by atoms with van der Waals surface area (Å²) in [6, 6.07) is 0. The molecule has 1 rings (SSSR count). The minimum atomic E-state index is 0.890. The molecular formula is C13H26. The lowest BCUT2D eigenvalue weighted by molar-refractivity contribution is 0.399. The van der Waals surface area contributed by atoms with Crippen molar-refractivity contribution in [2.45, 2.75) is 53.9 Å². The SMILES string of the molecule is CC(C)CCCC(C)C1C(C)C1C. The van der Waals surface area contributed by atoms with Gasteiger partial charge in [-0.1, -0.05) is 53.9 Å². The molecule has 0 heteroatoms. The average molecular weight is 182 g/mol. The molecule has 1 fully saturated rings. The van der Waals surface area contributed by atoms with Crippen molar-refractivity contribution >= 4 is 0 Å². The van der Waals surface area contributed by atoms with E-state index in [0.29, 0.717) is 0 Å². The van der Waals surface area contributed by atoms with Gasteiger partial charge in [-0.15, -0.1) is 0 Å². The molecule has 0 aromatic carbocycles. The second kappa shape index (κ2) is 4.48. The molecule has 1 saturated carbocycles. The predicted octanol–water partition coefficient (Wildman–Crippen LogP) is 4.35. The van der Waals surface area contributed by atoms with E-state index in [1.807, 2.05) is 0 Å². The first-order valence-electron chi connectivity index (χ1n) is 6.04. The van der Waals surface area contributed by atoms with Crippen molar-refractivity contribution in [1.29, 1.82) is 0 Å². The zero-order valence-electron chi connectivity index (χ0n) is 10.0. The smallest absolute Gasteiger partial charge is 0.0332 e. The molecule has 0 saturated heterocycles. The highest BCUT2D eigenvalue weighted by Crippen LogP contribution is 2.51. The van der Waals surface area contributed by atoms with Crippen molar-refractivity contribution in [2.24, 2.45) is 29.6 Å². The Kier molecular flexibility index (Phi) is 3.82. The summed E-state index contributed by atoms with van der Waals surface area (Å²) < 4.78 is 0. The van der Waals surface area contributed by atoms with Gasteiger partial charge in [0, 0.05) is 0 Å². The molecule has 0 amide bonds. The Morgan fingerprint density at radius 1 is 0.923 bits per heavy atom. The van der Waals surface area contributed by atoms with E-state index in [9.17, 15) is 0 Å². The molecule has 0 spiro atoms. The zero-order valence-corrected chi connectivity index (χ0v) is 10.0. The van der Waals surface area contributed by atoms with Gasteiger partial charge in [-0.05, 0) is 29.6 Å². The summed E-state index contributed by atoms with van der Waals surface area (Å²) in [6.07, 6.45) is 4.31. The molecule has 0 bridgehead atoms. The Morgan fingerprint density at radius 3 is 1.85 bits per heavy atom. The van der Waals surface area contributed by atoms with Gasteiger partial charge in [-0.25, -0.2) is 0 Å². The van der Waals surface area contributed by atoms with E-state index in [-0.39, 0.29) is 0 Å². The van der Waals surface area contributed by atoms with Gasteiger partial charge in [0.25, 0.3) is 0 Å². The van der Waals surface area contributed by atoms with E-state index >= 15 is 0 Å². The first-order chi connectivity index (χ1) is 6.04. The van der Waals surface area contributed by atoms with Crippen molar-refractivity contribution < 1.29 is 0 Å². The normalized spacial score (nSPS) is 35.1. The topological polar surface area (TPSA) is 0 Å². The Labute approximate surface area is 84.1 Å². The lowest BCUT2D eigenvalue weighted by atomic mass is 9.95. The largest absolute Gasteiger partial charge is 0.0628 e. The van der Waals surface area contributed by atoms with Crippen LogP contribution in [-0.2, 0) is 0 Å². The standard InChI is InChI=1S/C13H26/c1-9(2)7-6-8-10(3)13-11(4)12(13)5/h9-13H,6-8H2,1-5H3. The summed E-state index contributed by atoms with van der Waals surface area (Å²) in [7, 11) is 0. The number of hydrogen-bond acceptors (Lipinski definition) is 0. The van der Waals surface area contributed by atoms with Crippen LogP contribution in [0.4, 0.5) is 0 Å². The molecule has 13 heavy (non-hydrogen) atoms. The van der Waals surface area contributed by atoms with Gasteiger partial charge in [0.2, 0.25) is 0 Å². The number of rotatable bonds is 5. The summed E-state index contributed by atoms with van der Waals surface area (Å²) in [5.74, 6) is 4.93. The van der Waals surface area contributed by atoms with Crippen LogP contribution in [0.1, 0.15) is 53.9 Å². The Balaban J connectivity index is 2.09. The van der Waals surface area contributed by atoms with E-state index in [1.165, 1.54) is 19.3 Å². The van der Waals surface area contributed by atoms with Crippen molar-refractivity contribution in [1.82, 2.24) is 0 Å². The van der Waals surface area contributed by atoms with E-state index in [4.69, 9.17) is 0 Å². The molecule has 0 N–H and O–H groups in total. The molecule has 0 radical (unpaired) electrons. The second-order valence-corrected chi connectivity index (χ2v) is 5.60. The molecule has 1 aliphatic rings. The molecule has 78 valence electrons. The third-order valence-electron chi connectivity index (χ3n) is 4.00. The van der Waals surface area contributed by atoms with Crippen molar-refractivity contribution in [3.8, 4) is 0 Å². The second-order valence-electron chi connectivity index (χ2n) is 5.60. The quantitative estimate of drug-likeness (QED) is 0.593. The Hall–Kier alpha value is 0. The van der Waals surface area contributed by atoms with E-state index < -0.39 is 0 Å². The molecule has 0 nitrogen and oxygen atoms in total. The maximum absolute atomic E-state index is 2.45. The molecule has 1 aliphatic carbocycles. The Morgan fingerprint density at radius 2 is 1.46 bits per heavy atom. The van der Waals surface area contributed by atoms with E-state index in [1.54, 1.807) is 0 Å². The third-order valence-corrected chi connectivity index (χ3v) is 4.00. The first kappa shape index (κ1) is 11.1. The summed E-state index contributed by atoms with van der Waals surface area (Å²) in [5, 5.41) is 0. The van der Waals surface area contributed by atoms with Gasteiger partial charge in [0.1, 0.15) is 0 Å². The molecule has 0 aromatic heterocycles. The predicted molar refractivity (Wildman–Crippen MR) is 59.7 cm³/mol. The van der Waals surface area contributed by atoms with Crippen molar-refractivity contribution in [2.75, 3.05) is 0 Å². The fourth-order valence-electron chi connectivity index (χ4n) is 2.78. The zero-order chi connectivity index (χ0) is 10.0. The summed E-state index contributed by atoms with van der Waals surface area (Å²) in [6.45, 7) is 11.9. The summed E-state index contributed by atoms with van der Waals surface area (Å²) >= 11 is 0. The minimum absolute atomic E-state index is 0.890. The lowest BCUT2D eigenvalue weighted by Crippen LogP contribution is -2.00. The molecule has 0 aliphatic heterocycles. The van der Waals surface area contributed by atoms with Gasteiger partial charge in [-0.3, -0.25) is 0 Å². The van der Waals surface area contributed by atoms with Crippen LogP contribution < -0.4 is 0 Å². The fraction of sp³-hybridized carbons (Fsp3) is 1.00. The highest BCUT2D eigenvalue weighted by molar-refractivity contribution is 4.93. The van der Waals surface area contributed by atoms with Gasteiger partial charge in [-0.2, -0.15) is 0 Å². The molecular weight excluding hydrogens is 156 g/mol. The van der Waals surface area contributed by atoms with Gasteiger partial charge < -0.3 is 0 Å². The maximum atomic E-state index is 2.45. The van der Waals surface area contributed by atoms with E-state index in [2.05, 4.69) is 34.6 Å². The van der Waals surface area contributed by atoms with Crippen LogP contribution >= 0.6 is 0 Å². The average Bonchev–Trinajstić information content (AvgIpc) is 2.59. The van der Waals surface area contributed by atoms with Gasteiger partial charge in [0.05, 0.1) is 0 Å². The molecule has 0 heterocycles. The minimum Gasteiger partial charge on any atom is -0.0628 e. The fourth-order valence-corrected chi connectivity index (χ4v) is 2.78. The van der Waals surface area contributed by atoms with Crippen LogP contribution in [0.2, 0.25) is 0 Å². The van der Waals surface area contributed by atoms with E-state index in [0.717, 1.165) is 29.6 Å². The third kappa shape index (κ3) is 3.00. The first-order valence-corrected chi connectivity index (χ1v) is 6.04. The molecule has 3 atom stereocenters. The van der Waals surface area contributed by atoms with Crippen LogP contribution in [-0.4, -0.2) is 0 Å². The highest BCUT2D eigenvalue weighted by atomic mass is 14.5. The number of hydrogen-bond donors (Lipinski definition) is 0. The Bertz CT molecular complexity index is 140. The summed E-state index contributed by atoms with van der Waals surface area (Å²) in [5.41, 5.74) is 0. The maximum Gasteiger partial charge on any atom is -0.0332 e.